The third-order valence-corrected chi connectivity index (χ3v) is 4.13. The molecule has 0 saturated carbocycles. The van der Waals surface area contributed by atoms with E-state index in [1.165, 1.54) is 6.92 Å². The number of hydrogen-bond donors (Lipinski definition) is 2. The van der Waals surface area contributed by atoms with Crippen molar-refractivity contribution in [3.05, 3.63) is 52.2 Å². The topological polar surface area (TPSA) is 61.4 Å². The fourth-order valence-electron chi connectivity index (χ4n) is 2.20. The average molecular weight is 331 g/mol. The number of anilines is 1. The van der Waals surface area contributed by atoms with Gasteiger partial charge in [0.1, 0.15) is 0 Å². The highest BCUT2D eigenvalue weighted by molar-refractivity contribution is 7.07. The molecule has 0 spiro atoms. The Labute approximate surface area is 140 Å². The quantitative estimate of drug-likeness (QED) is 0.879. The summed E-state index contributed by atoms with van der Waals surface area (Å²) in [6.07, 6.45) is 0. The lowest BCUT2D eigenvalue weighted by molar-refractivity contribution is -0.114. The van der Waals surface area contributed by atoms with Crippen LogP contribution in [0.25, 0.3) is 0 Å². The minimum atomic E-state index is -0.152. The van der Waals surface area contributed by atoms with Crippen LogP contribution in [0, 0.1) is 0 Å². The Morgan fingerprint density at radius 1 is 1.30 bits per heavy atom. The second kappa shape index (κ2) is 7.78. The fraction of sp³-hybridized carbons (Fsp3) is 0.294. The number of benzene rings is 1. The van der Waals surface area contributed by atoms with Gasteiger partial charge < -0.3 is 15.5 Å². The summed E-state index contributed by atoms with van der Waals surface area (Å²) in [5, 5.41) is 9.74. The number of carbonyl (C=O) groups is 2. The third-order valence-electron chi connectivity index (χ3n) is 3.39. The van der Waals surface area contributed by atoms with Crippen molar-refractivity contribution >= 4 is 29.0 Å². The van der Waals surface area contributed by atoms with Gasteiger partial charge in [-0.05, 0) is 47.0 Å². The van der Waals surface area contributed by atoms with Crippen LogP contribution < -0.4 is 10.6 Å². The second-order valence-electron chi connectivity index (χ2n) is 5.47. The highest BCUT2D eigenvalue weighted by Crippen LogP contribution is 2.18. The molecular weight excluding hydrogens is 310 g/mol. The van der Waals surface area contributed by atoms with Gasteiger partial charge in [0.15, 0.2) is 0 Å². The lowest BCUT2D eigenvalue weighted by Gasteiger charge is -2.21. The molecule has 3 amide bonds. The van der Waals surface area contributed by atoms with Gasteiger partial charge in [-0.2, -0.15) is 11.3 Å². The van der Waals surface area contributed by atoms with Crippen LogP contribution in [0.4, 0.5) is 10.5 Å². The molecule has 5 nitrogen and oxygen atoms in total. The van der Waals surface area contributed by atoms with E-state index in [4.69, 9.17) is 0 Å². The van der Waals surface area contributed by atoms with E-state index in [2.05, 4.69) is 10.6 Å². The van der Waals surface area contributed by atoms with Crippen molar-refractivity contribution < 1.29 is 9.59 Å². The number of amides is 3. The molecule has 6 heteroatoms. The molecule has 0 unspecified atom stereocenters. The summed E-state index contributed by atoms with van der Waals surface area (Å²) in [4.78, 5) is 25.0. The van der Waals surface area contributed by atoms with Crippen molar-refractivity contribution in [2.45, 2.75) is 26.4 Å². The van der Waals surface area contributed by atoms with E-state index in [0.29, 0.717) is 6.54 Å². The van der Waals surface area contributed by atoms with Gasteiger partial charge in [0, 0.05) is 26.2 Å². The van der Waals surface area contributed by atoms with Crippen molar-refractivity contribution in [3.63, 3.8) is 0 Å². The minimum absolute atomic E-state index is 0.116. The molecule has 0 bridgehead atoms. The predicted molar refractivity (Wildman–Crippen MR) is 93.5 cm³/mol. The van der Waals surface area contributed by atoms with Gasteiger partial charge in [0.2, 0.25) is 5.91 Å². The van der Waals surface area contributed by atoms with E-state index in [9.17, 15) is 9.59 Å². The summed E-state index contributed by atoms with van der Waals surface area (Å²) in [5.41, 5.74) is 2.78. The molecule has 0 aliphatic rings. The average Bonchev–Trinajstić information content (AvgIpc) is 2.99. The number of nitrogens with zero attached hydrogens (tertiary/aromatic N) is 1. The first-order valence-corrected chi connectivity index (χ1v) is 8.30. The Bertz CT molecular complexity index is 670. The molecule has 122 valence electrons. The standard InChI is InChI=1S/C17H21N3O2S/c1-12(15-5-4-6-16(9-15)19-13(2)21)18-17(22)20(3)10-14-7-8-23-11-14/h4-9,11-12H,10H2,1-3H3,(H,18,22)(H,19,21)/t12-/m1/s1. The van der Waals surface area contributed by atoms with E-state index >= 15 is 0 Å². The highest BCUT2D eigenvalue weighted by atomic mass is 32.1. The first-order chi connectivity index (χ1) is 11.0. The highest BCUT2D eigenvalue weighted by Gasteiger charge is 2.14. The molecule has 2 N–H and O–H groups in total. The molecule has 1 aromatic carbocycles. The van der Waals surface area contributed by atoms with Crippen LogP contribution in [0.2, 0.25) is 0 Å². The Balaban J connectivity index is 1.96. The van der Waals surface area contributed by atoms with Crippen LogP contribution in [-0.2, 0) is 11.3 Å². The summed E-state index contributed by atoms with van der Waals surface area (Å²) in [6.45, 7) is 3.97. The SMILES string of the molecule is CC(=O)Nc1cccc([C@@H](C)NC(=O)N(C)Cc2ccsc2)c1. The maximum Gasteiger partial charge on any atom is 0.317 e. The summed E-state index contributed by atoms with van der Waals surface area (Å²) >= 11 is 1.62. The number of rotatable bonds is 5. The van der Waals surface area contributed by atoms with Crippen LogP contribution in [-0.4, -0.2) is 23.9 Å². The minimum Gasteiger partial charge on any atom is -0.331 e. The van der Waals surface area contributed by atoms with Crippen LogP contribution >= 0.6 is 11.3 Å². The summed E-state index contributed by atoms with van der Waals surface area (Å²) in [6, 6.07) is 9.20. The van der Waals surface area contributed by atoms with Gasteiger partial charge in [-0.25, -0.2) is 4.79 Å². The molecule has 0 fully saturated rings. The number of nitrogens with one attached hydrogen (secondary N) is 2. The van der Waals surface area contributed by atoms with Crippen molar-refractivity contribution in [2.75, 3.05) is 12.4 Å². The van der Waals surface area contributed by atoms with E-state index in [1.807, 2.05) is 48.0 Å². The van der Waals surface area contributed by atoms with Crippen molar-refractivity contribution in [3.8, 4) is 0 Å². The van der Waals surface area contributed by atoms with Crippen molar-refractivity contribution in [2.24, 2.45) is 0 Å². The lowest BCUT2D eigenvalue weighted by atomic mass is 10.1. The Morgan fingerprint density at radius 3 is 2.74 bits per heavy atom. The van der Waals surface area contributed by atoms with Gasteiger partial charge in [-0.3, -0.25) is 4.79 Å². The molecule has 0 aliphatic heterocycles. The van der Waals surface area contributed by atoms with Gasteiger partial charge in [-0.15, -0.1) is 0 Å². The monoisotopic (exact) mass is 331 g/mol. The van der Waals surface area contributed by atoms with Crippen molar-refractivity contribution in [1.82, 2.24) is 10.2 Å². The van der Waals surface area contributed by atoms with Gasteiger partial charge in [0.25, 0.3) is 0 Å². The molecule has 2 aromatic rings. The van der Waals surface area contributed by atoms with E-state index in [1.54, 1.807) is 23.3 Å². The molecule has 2 rings (SSSR count). The molecule has 0 saturated heterocycles. The zero-order valence-corrected chi connectivity index (χ0v) is 14.3. The molecule has 1 aromatic heterocycles. The fourth-order valence-corrected chi connectivity index (χ4v) is 2.86. The maximum atomic E-state index is 12.3. The predicted octanol–water partition coefficient (Wildman–Crippen LogP) is 3.61. The van der Waals surface area contributed by atoms with E-state index in [0.717, 1.165) is 16.8 Å². The van der Waals surface area contributed by atoms with Gasteiger partial charge in [0.05, 0.1) is 6.04 Å². The number of hydrogen-bond acceptors (Lipinski definition) is 3. The third kappa shape index (κ3) is 5.10. The first kappa shape index (κ1) is 17.0. The molecule has 1 heterocycles. The Morgan fingerprint density at radius 2 is 2.09 bits per heavy atom. The number of thiophene rings is 1. The summed E-state index contributed by atoms with van der Waals surface area (Å²) < 4.78 is 0. The van der Waals surface area contributed by atoms with Gasteiger partial charge >= 0.3 is 6.03 Å². The first-order valence-electron chi connectivity index (χ1n) is 7.36. The Hall–Kier alpha value is -2.34. The summed E-state index contributed by atoms with van der Waals surface area (Å²) in [7, 11) is 1.77. The second-order valence-corrected chi connectivity index (χ2v) is 6.25. The Kier molecular flexibility index (Phi) is 5.76. The smallest absolute Gasteiger partial charge is 0.317 e. The number of urea groups is 1. The lowest BCUT2D eigenvalue weighted by Crippen LogP contribution is -2.38. The molecule has 23 heavy (non-hydrogen) atoms. The normalized spacial score (nSPS) is 11.6. The molecular formula is C17H21N3O2S. The van der Waals surface area contributed by atoms with Crippen LogP contribution in [0.5, 0.6) is 0 Å². The molecule has 1 atom stereocenters. The van der Waals surface area contributed by atoms with Crippen molar-refractivity contribution in [1.29, 1.82) is 0 Å². The maximum absolute atomic E-state index is 12.3. The van der Waals surface area contributed by atoms with Crippen LogP contribution in [0.15, 0.2) is 41.1 Å². The zero-order valence-electron chi connectivity index (χ0n) is 13.5. The molecule has 0 radical (unpaired) electrons. The number of carbonyl (C=O) groups excluding carboxylic acids is 2. The van der Waals surface area contributed by atoms with E-state index < -0.39 is 0 Å². The van der Waals surface area contributed by atoms with E-state index in [-0.39, 0.29) is 18.0 Å². The van der Waals surface area contributed by atoms with Gasteiger partial charge in [-0.1, -0.05) is 12.1 Å². The largest absolute Gasteiger partial charge is 0.331 e. The molecule has 0 aliphatic carbocycles. The van der Waals surface area contributed by atoms with Crippen LogP contribution in [0.3, 0.4) is 0 Å². The van der Waals surface area contributed by atoms with Crippen LogP contribution in [0.1, 0.15) is 31.0 Å². The summed E-state index contributed by atoms with van der Waals surface area (Å²) in [5.74, 6) is -0.116. The zero-order chi connectivity index (χ0) is 16.8.